The van der Waals surface area contributed by atoms with E-state index < -0.39 is 36.2 Å². The van der Waals surface area contributed by atoms with E-state index >= 15 is 0 Å². The van der Waals surface area contributed by atoms with Crippen LogP contribution in [0.1, 0.15) is 78.7 Å². The highest BCUT2D eigenvalue weighted by Gasteiger charge is 2.26. The number of hydrogen-bond acceptors (Lipinski definition) is 8. The van der Waals surface area contributed by atoms with Gasteiger partial charge in [0.1, 0.15) is 11.3 Å². The number of aromatic nitrogens is 1. The van der Waals surface area contributed by atoms with Crippen LogP contribution in [0.4, 0.5) is 13.6 Å². The third kappa shape index (κ3) is 8.90. The van der Waals surface area contributed by atoms with Gasteiger partial charge < -0.3 is 34.4 Å². The van der Waals surface area contributed by atoms with Gasteiger partial charge in [0.2, 0.25) is 5.89 Å². The van der Waals surface area contributed by atoms with E-state index in [1.54, 1.807) is 27.7 Å². The Morgan fingerprint density at radius 1 is 1.07 bits per heavy atom. The Hall–Kier alpha value is -4.68. The van der Waals surface area contributed by atoms with Crippen LogP contribution in [0.5, 0.6) is 11.5 Å². The molecule has 1 aliphatic carbocycles. The van der Waals surface area contributed by atoms with Gasteiger partial charge in [-0.3, -0.25) is 4.79 Å². The third-order valence-corrected chi connectivity index (χ3v) is 6.24. The van der Waals surface area contributed by atoms with Gasteiger partial charge in [0.05, 0.1) is 24.8 Å². The van der Waals surface area contributed by atoms with E-state index in [2.05, 4.69) is 20.4 Å². The summed E-state index contributed by atoms with van der Waals surface area (Å²) in [6.45, 7) is 4.00. The number of alkyl carbamates (subject to hydrolysis) is 1. The zero-order valence-corrected chi connectivity index (χ0v) is 24.1. The standard InChI is InChI=1S/C30H33F2N3O8/c1-16(34-29(39)43-30(2,3)4)24-21(14-33-25(36)18-7-9-19(10-8-18)27(37)38)35-26(42-24)20-11-12-22(41-28(31)32)23(13-20)40-15-17-5-6-17/h7-13,16-17,28H,5-6,14-15H2,1-4H3,(H,33,36)(H,34,39)(H,37,38)/t16-/m0/s1. The number of nitrogens with zero attached hydrogens (tertiary/aromatic N) is 1. The van der Waals surface area contributed by atoms with Crippen LogP contribution in [0, 0.1) is 5.92 Å². The number of aromatic carboxylic acids is 1. The summed E-state index contributed by atoms with van der Waals surface area (Å²) in [5.41, 5.74) is 0.180. The van der Waals surface area contributed by atoms with E-state index in [1.165, 1.54) is 42.5 Å². The summed E-state index contributed by atoms with van der Waals surface area (Å²) >= 11 is 0. The zero-order valence-electron chi connectivity index (χ0n) is 24.1. The molecule has 230 valence electrons. The summed E-state index contributed by atoms with van der Waals surface area (Å²) in [6.07, 6.45) is 1.29. The van der Waals surface area contributed by atoms with Gasteiger partial charge in [0.25, 0.3) is 5.91 Å². The molecule has 1 aromatic heterocycles. The molecule has 0 bridgehead atoms. The fourth-order valence-corrected chi connectivity index (χ4v) is 3.97. The quantitative estimate of drug-likeness (QED) is 0.229. The Morgan fingerprint density at radius 2 is 1.74 bits per heavy atom. The highest BCUT2D eigenvalue weighted by molar-refractivity contribution is 5.95. The van der Waals surface area contributed by atoms with Gasteiger partial charge in [-0.2, -0.15) is 8.78 Å². The molecule has 0 unspecified atom stereocenters. The average molecular weight is 602 g/mol. The Balaban J connectivity index is 1.61. The summed E-state index contributed by atoms with van der Waals surface area (Å²) in [5.74, 6) is -0.987. The number of carbonyl (C=O) groups is 3. The second kappa shape index (κ2) is 13.1. The fraction of sp³-hybridized carbons (Fsp3) is 0.400. The third-order valence-electron chi connectivity index (χ3n) is 6.24. The second-order valence-corrected chi connectivity index (χ2v) is 11.1. The summed E-state index contributed by atoms with van der Waals surface area (Å²) in [4.78, 5) is 40.9. The van der Waals surface area contributed by atoms with E-state index in [4.69, 9.17) is 19.0 Å². The SMILES string of the molecule is C[C@H](NC(=O)OC(C)(C)C)c1oc(-c2ccc(OC(F)F)c(OCC3CC3)c2)nc1CNC(=O)c1ccc(C(=O)O)cc1. The molecule has 2 amide bonds. The van der Waals surface area contributed by atoms with Gasteiger partial charge >= 0.3 is 18.7 Å². The van der Waals surface area contributed by atoms with Crippen LogP contribution in [0.2, 0.25) is 0 Å². The maximum atomic E-state index is 13.0. The van der Waals surface area contributed by atoms with Crippen molar-refractivity contribution in [2.75, 3.05) is 6.61 Å². The monoisotopic (exact) mass is 601 g/mol. The molecule has 1 aliphatic rings. The molecule has 1 heterocycles. The Kier molecular flexibility index (Phi) is 9.52. The minimum absolute atomic E-state index is 0.0347. The molecule has 1 atom stereocenters. The lowest BCUT2D eigenvalue weighted by Gasteiger charge is -2.21. The average Bonchev–Trinajstić information content (AvgIpc) is 3.66. The predicted molar refractivity (Wildman–Crippen MR) is 149 cm³/mol. The minimum Gasteiger partial charge on any atom is -0.489 e. The number of carboxylic acid groups (broad SMARTS) is 1. The van der Waals surface area contributed by atoms with Crippen LogP contribution in [0.3, 0.4) is 0 Å². The second-order valence-electron chi connectivity index (χ2n) is 11.1. The van der Waals surface area contributed by atoms with Gasteiger partial charge in [-0.25, -0.2) is 14.6 Å². The molecule has 3 aromatic rings. The number of carbonyl (C=O) groups excluding carboxylic acids is 2. The van der Waals surface area contributed by atoms with E-state index in [9.17, 15) is 23.2 Å². The zero-order chi connectivity index (χ0) is 31.3. The van der Waals surface area contributed by atoms with Gasteiger partial charge in [-0.05, 0) is 88.9 Å². The largest absolute Gasteiger partial charge is 0.489 e. The molecule has 2 aromatic carbocycles. The molecular formula is C30H33F2N3O8. The van der Waals surface area contributed by atoms with Crippen molar-refractivity contribution in [1.29, 1.82) is 0 Å². The number of ether oxygens (including phenoxy) is 3. The van der Waals surface area contributed by atoms with Gasteiger partial charge in [0.15, 0.2) is 17.3 Å². The van der Waals surface area contributed by atoms with Crippen LogP contribution in [0.15, 0.2) is 46.9 Å². The minimum atomic E-state index is -3.04. The van der Waals surface area contributed by atoms with Crippen molar-refractivity contribution in [1.82, 2.24) is 15.6 Å². The molecule has 0 saturated heterocycles. The molecule has 0 spiro atoms. The van der Waals surface area contributed by atoms with Crippen molar-refractivity contribution in [3.8, 4) is 23.0 Å². The van der Waals surface area contributed by atoms with E-state index in [0.717, 1.165) is 12.8 Å². The smallest absolute Gasteiger partial charge is 0.408 e. The molecule has 1 fully saturated rings. The number of rotatable bonds is 12. The van der Waals surface area contributed by atoms with Crippen molar-refractivity contribution in [2.24, 2.45) is 5.92 Å². The highest BCUT2D eigenvalue weighted by atomic mass is 19.3. The lowest BCUT2D eigenvalue weighted by molar-refractivity contribution is -0.0515. The van der Waals surface area contributed by atoms with Crippen molar-refractivity contribution in [2.45, 2.75) is 65.3 Å². The summed E-state index contributed by atoms with van der Waals surface area (Å²) in [5, 5.41) is 14.5. The van der Waals surface area contributed by atoms with E-state index in [0.29, 0.717) is 18.1 Å². The highest BCUT2D eigenvalue weighted by Crippen LogP contribution is 2.37. The lowest BCUT2D eigenvalue weighted by Crippen LogP contribution is -2.34. The van der Waals surface area contributed by atoms with Crippen LogP contribution in [-0.4, -0.2) is 46.9 Å². The number of nitrogens with one attached hydrogen (secondary N) is 2. The van der Waals surface area contributed by atoms with Gasteiger partial charge in [0, 0.05) is 11.1 Å². The van der Waals surface area contributed by atoms with Crippen molar-refractivity contribution < 1.29 is 46.9 Å². The summed E-state index contributed by atoms with van der Waals surface area (Å²) in [6, 6.07) is 8.94. The molecule has 0 aliphatic heterocycles. The molecule has 0 radical (unpaired) electrons. The molecule has 4 rings (SSSR count). The number of oxazole rings is 1. The van der Waals surface area contributed by atoms with E-state index in [1.807, 2.05) is 0 Å². The van der Waals surface area contributed by atoms with Crippen LogP contribution < -0.4 is 20.1 Å². The van der Waals surface area contributed by atoms with Gasteiger partial charge in [-0.1, -0.05) is 0 Å². The first-order valence-corrected chi connectivity index (χ1v) is 13.6. The first kappa shape index (κ1) is 31.3. The number of amides is 2. The maximum Gasteiger partial charge on any atom is 0.408 e. The molecular weight excluding hydrogens is 568 g/mol. The summed E-state index contributed by atoms with van der Waals surface area (Å²) in [7, 11) is 0. The lowest BCUT2D eigenvalue weighted by atomic mass is 10.1. The molecule has 1 saturated carbocycles. The predicted octanol–water partition coefficient (Wildman–Crippen LogP) is 5.95. The number of benzene rings is 2. The first-order chi connectivity index (χ1) is 20.3. The van der Waals surface area contributed by atoms with Gasteiger partial charge in [-0.15, -0.1) is 0 Å². The first-order valence-electron chi connectivity index (χ1n) is 13.6. The van der Waals surface area contributed by atoms with Crippen molar-refractivity contribution in [3.63, 3.8) is 0 Å². The van der Waals surface area contributed by atoms with Crippen molar-refractivity contribution in [3.05, 3.63) is 65.0 Å². The topological polar surface area (TPSA) is 149 Å². The van der Waals surface area contributed by atoms with Crippen molar-refractivity contribution >= 4 is 18.0 Å². The molecule has 11 nitrogen and oxygen atoms in total. The number of alkyl halides is 2. The number of carboxylic acids is 1. The molecule has 3 N–H and O–H groups in total. The molecule has 13 heteroatoms. The Morgan fingerprint density at radius 3 is 2.35 bits per heavy atom. The maximum absolute atomic E-state index is 13.0. The van der Waals surface area contributed by atoms with Crippen LogP contribution in [0.25, 0.3) is 11.5 Å². The number of hydrogen-bond donors (Lipinski definition) is 3. The fourth-order valence-electron chi connectivity index (χ4n) is 3.97. The van der Waals surface area contributed by atoms with E-state index in [-0.39, 0.29) is 46.5 Å². The molecule has 43 heavy (non-hydrogen) atoms. The Labute approximate surface area is 246 Å². The summed E-state index contributed by atoms with van der Waals surface area (Å²) < 4.78 is 47.8. The normalized spacial score (nSPS) is 13.7. The Bertz CT molecular complexity index is 1460. The van der Waals surface area contributed by atoms with Crippen LogP contribution in [-0.2, 0) is 11.3 Å². The number of halogens is 2. The van der Waals surface area contributed by atoms with Crippen LogP contribution >= 0.6 is 0 Å².